The molecule has 0 heterocycles. The normalized spacial score (nSPS) is 12.8. The van der Waals surface area contributed by atoms with Gasteiger partial charge in [-0.3, -0.25) is 4.79 Å². The number of rotatable bonds is 12. The first-order valence-electron chi connectivity index (χ1n) is 9.25. The number of halogens is 1. The smallest absolute Gasteiger partial charge is 0.207 e. The van der Waals surface area contributed by atoms with E-state index in [1.165, 1.54) is 12.1 Å². The summed E-state index contributed by atoms with van der Waals surface area (Å²) in [6, 6.07) is 5.80. The van der Waals surface area contributed by atoms with Crippen molar-refractivity contribution in [3.05, 3.63) is 59.6 Å². The van der Waals surface area contributed by atoms with Gasteiger partial charge in [-0.25, -0.2) is 9.38 Å². The molecule has 1 aromatic rings. The Morgan fingerprint density at radius 2 is 2.00 bits per heavy atom. The summed E-state index contributed by atoms with van der Waals surface area (Å²) < 4.78 is 13.0. The summed E-state index contributed by atoms with van der Waals surface area (Å²) in [5.74, 6) is 0.123. The molecule has 152 valence electrons. The van der Waals surface area contributed by atoms with Crippen molar-refractivity contribution >= 4 is 18.0 Å². The number of amidine groups is 1. The van der Waals surface area contributed by atoms with Crippen LogP contribution in [0.5, 0.6) is 0 Å². The van der Waals surface area contributed by atoms with Crippen LogP contribution in [-0.2, 0) is 4.79 Å². The Labute approximate surface area is 166 Å². The molecular formula is C21H30FN5O. The van der Waals surface area contributed by atoms with Crippen molar-refractivity contribution in [2.75, 3.05) is 26.7 Å². The van der Waals surface area contributed by atoms with E-state index in [-0.39, 0.29) is 17.4 Å². The van der Waals surface area contributed by atoms with Crippen LogP contribution in [0.1, 0.15) is 25.8 Å². The van der Waals surface area contributed by atoms with Gasteiger partial charge < -0.3 is 21.4 Å². The lowest BCUT2D eigenvalue weighted by Crippen LogP contribution is -2.29. The van der Waals surface area contributed by atoms with Crippen LogP contribution in [0.25, 0.3) is 0 Å². The van der Waals surface area contributed by atoms with E-state index in [1.807, 2.05) is 27.0 Å². The summed E-state index contributed by atoms with van der Waals surface area (Å²) in [7, 11) is 1.98. The first-order valence-corrected chi connectivity index (χ1v) is 9.25. The third-order valence-corrected chi connectivity index (χ3v) is 4.09. The Balaban J connectivity index is 2.67. The minimum atomic E-state index is -0.332. The van der Waals surface area contributed by atoms with Crippen LogP contribution < -0.4 is 11.1 Å². The van der Waals surface area contributed by atoms with Crippen LogP contribution in [0.15, 0.2) is 53.2 Å². The summed E-state index contributed by atoms with van der Waals surface area (Å²) in [5.41, 5.74) is 7.76. The van der Waals surface area contributed by atoms with E-state index in [9.17, 15) is 9.18 Å². The highest BCUT2D eigenvalue weighted by molar-refractivity contribution is 6.12. The fourth-order valence-electron chi connectivity index (χ4n) is 2.41. The summed E-state index contributed by atoms with van der Waals surface area (Å²) in [6.07, 6.45) is 6.78. The van der Waals surface area contributed by atoms with Gasteiger partial charge in [0.1, 0.15) is 11.7 Å². The third-order valence-electron chi connectivity index (χ3n) is 4.09. The van der Waals surface area contributed by atoms with E-state index >= 15 is 0 Å². The van der Waals surface area contributed by atoms with Crippen LogP contribution in [-0.4, -0.2) is 49.5 Å². The number of aliphatic imine (C=N–C) groups is 1. The van der Waals surface area contributed by atoms with E-state index < -0.39 is 0 Å². The van der Waals surface area contributed by atoms with Crippen molar-refractivity contribution in [2.45, 2.75) is 20.3 Å². The molecule has 1 rings (SSSR count). The highest BCUT2D eigenvalue weighted by Gasteiger charge is 2.10. The molecule has 7 heteroatoms. The molecule has 28 heavy (non-hydrogen) atoms. The first-order chi connectivity index (χ1) is 13.3. The fraction of sp³-hybridized carbons (Fsp3) is 0.381. The molecule has 0 aliphatic rings. The number of carbonyl (C=O) groups excluding carboxylic acids is 1. The summed E-state index contributed by atoms with van der Waals surface area (Å²) in [5, 5.41) is 10.8. The Bertz CT molecular complexity index is 723. The molecule has 0 spiro atoms. The minimum Gasteiger partial charge on any atom is -0.383 e. The van der Waals surface area contributed by atoms with Gasteiger partial charge in [0.15, 0.2) is 0 Å². The summed E-state index contributed by atoms with van der Waals surface area (Å²) in [4.78, 5) is 16.6. The molecule has 0 bridgehead atoms. The van der Waals surface area contributed by atoms with Crippen molar-refractivity contribution in [3.63, 3.8) is 0 Å². The van der Waals surface area contributed by atoms with Crippen molar-refractivity contribution < 1.29 is 9.18 Å². The lowest BCUT2D eigenvalue weighted by Gasteiger charge is -2.14. The van der Waals surface area contributed by atoms with Crippen LogP contribution in [0.3, 0.4) is 0 Å². The maximum Gasteiger partial charge on any atom is 0.207 e. The quantitative estimate of drug-likeness (QED) is 0.223. The van der Waals surface area contributed by atoms with E-state index in [4.69, 9.17) is 11.1 Å². The molecule has 1 aromatic carbocycles. The van der Waals surface area contributed by atoms with Gasteiger partial charge in [0.05, 0.1) is 5.71 Å². The van der Waals surface area contributed by atoms with Crippen LogP contribution in [0.4, 0.5) is 4.39 Å². The molecule has 0 radical (unpaired) electrons. The lowest BCUT2D eigenvalue weighted by atomic mass is 9.98. The van der Waals surface area contributed by atoms with Crippen molar-refractivity contribution in [1.29, 1.82) is 5.41 Å². The van der Waals surface area contributed by atoms with Crippen molar-refractivity contribution in [3.8, 4) is 0 Å². The Morgan fingerprint density at radius 1 is 1.32 bits per heavy atom. The Morgan fingerprint density at radius 3 is 2.61 bits per heavy atom. The maximum absolute atomic E-state index is 13.0. The zero-order chi connectivity index (χ0) is 20.9. The van der Waals surface area contributed by atoms with E-state index in [0.717, 1.165) is 25.1 Å². The SMILES string of the molecule is CC(C)C(=C/C(=N)c1ccc(F)cc1)/C(N)=N/C=C/CCN(C)CCNC=O. The van der Waals surface area contributed by atoms with E-state index in [1.54, 1.807) is 24.4 Å². The number of carbonyl (C=O) groups is 1. The second kappa shape index (κ2) is 12.6. The second-order valence-electron chi connectivity index (χ2n) is 6.74. The van der Waals surface area contributed by atoms with Gasteiger partial charge in [0.25, 0.3) is 0 Å². The number of likely N-dealkylation sites (N-methyl/N-ethyl adjacent to an activating group) is 1. The number of hydrogen-bond acceptors (Lipinski definition) is 4. The largest absolute Gasteiger partial charge is 0.383 e. The van der Waals surface area contributed by atoms with Gasteiger partial charge in [-0.05, 0) is 60.9 Å². The second-order valence-corrected chi connectivity index (χ2v) is 6.74. The molecule has 6 nitrogen and oxygen atoms in total. The highest BCUT2D eigenvalue weighted by Crippen LogP contribution is 2.13. The molecule has 0 aromatic heterocycles. The van der Waals surface area contributed by atoms with Crippen molar-refractivity contribution in [2.24, 2.45) is 16.6 Å². The molecule has 0 saturated heterocycles. The monoisotopic (exact) mass is 387 g/mol. The number of benzene rings is 1. The molecule has 0 fully saturated rings. The van der Waals surface area contributed by atoms with Gasteiger partial charge in [-0.15, -0.1) is 0 Å². The molecule has 0 aliphatic heterocycles. The van der Waals surface area contributed by atoms with Gasteiger partial charge in [-0.1, -0.05) is 19.9 Å². The van der Waals surface area contributed by atoms with Gasteiger partial charge in [-0.2, -0.15) is 0 Å². The van der Waals surface area contributed by atoms with Gasteiger partial charge >= 0.3 is 0 Å². The third kappa shape index (κ3) is 8.73. The fourth-order valence-corrected chi connectivity index (χ4v) is 2.41. The molecule has 4 N–H and O–H groups in total. The van der Waals surface area contributed by atoms with Gasteiger partial charge in [0, 0.05) is 25.8 Å². The Kier molecular flexibility index (Phi) is 10.4. The van der Waals surface area contributed by atoms with E-state index in [0.29, 0.717) is 24.4 Å². The standard InChI is InChI=1S/C21H30FN5O/c1-16(2)19(14-20(23)17-6-8-18(22)9-7-17)21(24)26-10-4-5-12-27(3)13-11-25-15-28/h4,6-10,14-16,23H,5,11-13H2,1-3H3,(H2,24,26)(H,25,28)/b10-4+,19-14-,23-20?. The summed E-state index contributed by atoms with van der Waals surface area (Å²) >= 11 is 0. The average molecular weight is 388 g/mol. The molecule has 0 unspecified atom stereocenters. The molecule has 0 atom stereocenters. The van der Waals surface area contributed by atoms with Crippen LogP contribution in [0.2, 0.25) is 0 Å². The molecular weight excluding hydrogens is 357 g/mol. The first kappa shape index (κ1) is 23.2. The number of amides is 1. The zero-order valence-electron chi connectivity index (χ0n) is 16.8. The number of hydrogen-bond donors (Lipinski definition) is 3. The number of nitrogens with one attached hydrogen (secondary N) is 2. The highest BCUT2D eigenvalue weighted by atomic mass is 19.1. The number of nitrogens with two attached hydrogens (primary N) is 1. The van der Waals surface area contributed by atoms with Crippen LogP contribution >= 0.6 is 0 Å². The topological polar surface area (TPSA) is 94.6 Å². The Hall–Kier alpha value is -2.80. The van der Waals surface area contributed by atoms with E-state index in [2.05, 4.69) is 15.2 Å². The predicted octanol–water partition coefficient (Wildman–Crippen LogP) is 2.71. The zero-order valence-corrected chi connectivity index (χ0v) is 16.8. The summed E-state index contributed by atoms with van der Waals surface area (Å²) in [6.45, 7) is 6.21. The molecule has 1 amide bonds. The average Bonchev–Trinajstić information content (AvgIpc) is 2.66. The molecule has 0 saturated carbocycles. The molecule has 0 aliphatic carbocycles. The number of nitrogens with zero attached hydrogens (tertiary/aromatic N) is 2. The number of allylic oxidation sites excluding steroid dienone is 1. The van der Waals surface area contributed by atoms with Gasteiger partial charge in [0.2, 0.25) is 6.41 Å². The predicted molar refractivity (Wildman–Crippen MR) is 113 cm³/mol. The maximum atomic E-state index is 13.0. The minimum absolute atomic E-state index is 0.0920. The van der Waals surface area contributed by atoms with Crippen LogP contribution in [0, 0.1) is 17.1 Å². The lowest BCUT2D eigenvalue weighted by molar-refractivity contribution is -0.109. The van der Waals surface area contributed by atoms with Crippen molar-refractivity contribution in [1.82, 2.24) is 10.2 Å².